The van der Waals surface area contributed by atoms with E-state index < -0.39 is 0 Å². The van der Waals surface area contributed by atoms with Gasteiger partial charge in [-0.2, -0.15) is 0 Å². The van der Waals surface area contributed by atoms with Crippen LogP contribution in [0, 0.1) is 0 Å². The van der Waals surface area contributed by atoms with E-state index in [-0.39, 0.29) is 0 Å². The Morgan fingerprint density at radius 3 is 2.60 bits per heavy atom. The van der Waals surface area contributed by atoms with Crippen molar-refractivity contribution in [3.8, 4) is 0 Å². The van der Waals surface area contributed by atoms with Crippen molar-refractivity contribution in [2.24, 2.45) is 4.99 Å². The molecular formula is C19H40N4O2. The highest BCUT2D eigenvalue weighted by Crippen LogP contribution is 2.11. The topological polar surface area (TPSA) is 58.1 Å². The predicted octanol–water partition coefficient (Wildman–Crippen LogP) is 2.25. The molecule has 1 fully saturated rings. The normalized spacial score (nSPS) is 18.6. The summed E-state index contributed by atoms with van der Waals surface area (Å²) in [5.74, 6) is 0.897. The number of nitrogens with one attached hydrogen (secondary N) is 2. The van der Waals surface area contributed by atoms with Crippen LogP contribution < -0.4 is 10.6 Å². The van der Waals surface area contributed by atoms with Crippen LogP contribution in [0.1, 0.15) is 53.9 Å². The number of aliphatic imine (C=N–C) groups is 1. The van der Waals surface area contributed by atoms with E-state index >= 15 is 0 Å². The molecule has 0 aromatic heterocycles. The second-order valence-electron chi connectivity index (χ2n) is 7.18. The summed E-state index contributed by atoms with van der Waals surface area (Å²) in [6.07, 6.45) is 3.55. The van der Waals surface area contributed by atoms with Gasteiger partial charge in [-0.25, -0.2) is 0 Å². The summed E-state index contributed by atoms with van der Waals surface area (Å²) in [7, 11) is 0. The molecule has 25 heavy (non-hydrogen) atoms. The molecule has 6 heteroatoms. The molecule has 1 saturated heterocycles. The summed E-state index contributed by atoms with van der Waals surface area (Å²) in [6, 6.07) is 1.12. The molecule has 0 aromatic carbocycles. The number of ether oxygens (including phenoxy) is 2. The molecule has 1 atom stereocenters. The van der Waals surface area contributed by atoms with Crippen LogP contribution in [0.5, 0.6) is 0 Å². The van der Waals surface area contributed by atoms with Crippen molar-refractivity contribution < 1.29 is 9.47 Å². The van der Waals surface area contributed by atoms with Crippen molar-refractivity contribution >= 4 is 5.96 Å². The van der Waals surface area contributed by atoms with Gasteiger partial charge in [0.25, 0.3) is 0 Å². The first-order valence-corrected chi connectivity index (χ1v) is 10.0. The molecule has 1 aliphatic heterocycles. The predicted molar refractivity (Wildman–Crippen MR) is 105 cm³/mol. The summed E-state index contributed by atoms with van der Waals surface area (Å²) < 4.78 is 11.2. The SMILES string of the molecule is CCNC(=NCCCOCC1CCCO1)NCCN(C(C)C)C(C)C. The van der Waals surface area contributed by atoms with E-state index in [1.165, 1.54) is 6.42 Å². The average molecular weight is 357 g/mol. The van der Waals surface area contributed by atoms with Gasteiger partial charge in [-0.05, 0) is 53.9 Å². The van der Waals surface area contributed by atoms with E-state index in [4.69, 9.17) is 9.47 Å². The largest absolute Gasteiger partial charge is 0.379 e. The Balaban J connectivity index is 2.19. The molecule has 1 rings (SSSR count). The number of rotatable bonds is 12. The van der Waals surface area contributed by atoms with Crippen molar-refractivity contribution in [1.29, 1.82) is 0 Å². The Morgan fingerprint density at radius 2 is 2.00 bits per heavy atom. The molecule has 0 saturated carbocycles. The monoisotopic (exact) mass is 356 g/mol. The fourth-order valence-corrected chi connectivity index (χ4v) is 3.11. The maximum Gasteiger partial charge on any atom is 0.191 e. The minimum atomic E-state index is 0.312. The van der Waals surface area contributed by atoms with Crippen LogP contribution in [-0.4, -0.2) is 75.0 Å². The molecule has 0 amide bonds. The molecule has 0 aliphatic carbocycles. The molecule has 1 unspecified atom stereocenters. The van der Waals surface area contributed by atoms with Gasteiger partial charge in [0.05, 0.1) is 12.7 Å². The molecule has 6 nitrogen and oxygen atoms in total. The highest BCUT2D eigenvalue weighted by molar-refractivity contribution is 5.79. The van der Waals surface area contributed by atoms with Crippen molar-refractivity contribution in [3.05, 3.63) is 0 Å². The quantitative estimate of drug-likeness (QED) is 0.319. The first-order valence-electron chi connectivity index (χ1n) is 10.0. The van der Waals surface area contributed by atoms with Crippen LogP contribution in [0.15, 0.2) is 4.99 Å². The van der Waals surface area contributed by atoms with Gasteiger partial charge in [0, 0.05) is 51.5 Å². The zero-order chi connectivity index (χ0) is 18.5. The van der Waals surface area contributed by atoms with E-state index in [2.05, 4.69) is 55.1 Å². The maximum absolute atomic E-state index is 5.68. The second-order valence-corrected chi connectivity index (χ2v) is 7.18. The van der Waals surface area contributed by atoms with Gasteiger partial charge in [-0.3, -0.25) is 9.89 Å². The Bertz CT molecular complexity index is 347. The lowest BCUT2D eigenvalue weighted by Gasteiger charge is -2.30. The highest BCUT2D eigenvalue weighted by atomic mass is 16.5. The van der Waals surface area contributed by atoms with E-state index in [0.29, 0.717) is 18.2 Å². The first-order chi connectivity index (χ1) is 12.0. The Kier molecular flexibility index (Phi) is 11.9. The molecule has 0 bridgehead atoms. The number of hydrogen-bond acceptors (Lipinski definition) is 4. The first kappa shape index (κ1) is 22.2. The summed E-state index contributed by atoms with van der Waals surface area (Å²) >= 11 is 0. The lowest BCUT2D eigenvalue weighted by atomic mass is 10.2. The van der Waals surface area contributed by atoms with Crippen LogP contribution in [-0.2, 0) is 9.47 Å². The highest BCUT2D eigenvalue weighted by Gasteiger charge is 2.15. The van der Waals surface area contributed by atoms with Gasteiger partial charge in [0.1, 0.15) is 0 Å². The third-order valence-electron chi connectivity index (χ3n) is 4.38. The lowest BCUT2D eigenvalue weighted by molar-refractivity contribution is 0.0171. The smallest absolute Gasteiger partial charge is 0.191 e. The molecule has 1 heterocycles. The molecule has 0 radical (unpaired) electrons. The minimum Gasteiger partial charge on any atom is -0.379 e. The van der Waals surface area contributed by atoms with Crippen LogP contribution in [0.4, 0.5) is 0 Å². The Hall–Kier alpha value is -0.850. The summed E-state index contributed by atoms with van der Waals surface area (Å²) in [4.78, 5) is 7.12. The number of hydrogen-bond donors (Lipinski definition) is 2. The average Bonchev–Trinajstić information content (AvgIpc) is 3.07. The van der Waals surface area contributed by atoms with Crippen molar-refractivity contribution in [1.82, 2.24) is 15.5 Å². The van der Waals surface area contributed by atoms with Gasteiger partial charge in [0.2, 0.25) is 0 Å². The maximum atomic E-state index is 5.68. The van der Waals surface area contributed by atoms with E-state index in [9.17, 15) is 0 Å². The summed E-state index contributed by atoms with van der Waals surface area (Å²) in [5.41, 5.74) is 0. The molecule has 148 valence electrons. The van der Waals surface area contributed by atoms with Crippen LogP contribution in [0.25, 0.3) is 0 Å². The van der Waals surface area contributed by atoms with Crippen molar-refractivity contribution in [2.75, 3.05) is 46.0 Å². The van der Waals surface area contributed by atoms with Crippen LogP contribution >= 0.6 is 0 Å². The molecule has 0 aromatic rings. The van der Waals surface area contributed by atoms with E-state index in [0.717, 1.165) is 64.8 Å². The minimum absolute atomic E-state index is 0.312. The third-order valence-corrected chi connectivity index (χ3v) is 4.38. The summed E-state index contributed by atoms with van der Waals surface area (Å²) in [5, 5.41) is 6.74. The van der Waals surface area contributed by atoms with Gasteiger partial charge < -0.3 is 20.1 Å². The number of guanidine groups is 1. The molecule has 2 N–H and O–H groups in total. The van der Waals surface area contributed by atoms with E-state index in [1.54, 1.807) is 0 Å². The second kappa shape index (κ2) is 13.4. The van der Waals surface area contributed by atoms with Gasteiger partial charge >= 0.3 is 0 Å². The fourth-order valence-electron chi connectivity index (χ4n) is 3.11. The van der Waals surface area contributed by atoms with Gasteiger partial charge in [-0.15, -0.1) is 0 Å². The standard InChI is InChI=1S/C19H40N4O2/c1-6-20-19(22-11-12-23(16(2)3)17(4)5)21-10-8-13-24-15-18-9-7-14-25-18/h16-18H,6-15H2,1-5H3,(H2,20,21,22). The Labute approximate surface area is 154 Å². The van der Waals surface area contributed by atoms with Gasteiger partial charge in [0.15, 0.2) is 5.96 Å². The lowest BCUT2D eigenvalue weighted by Crippen LogP contribution is -2.45. The van der Waals surface area contributed by atoms with E-state index in [1.807, 2.05) is 0 Å². The van der Waals surface area contributed by atoms with Crippen molar-refractivity contribution in [3.63, 3.8) is 0 Å². The third kappa shape index (κ3) is 10.0. The molecule has 1 aliphatic rings. The number of nitrogens with zero attached hydrogens (tertiary/aromatic N) is 2. The van der Waals surface area contributed by atoms with Gasteiger partial charge in [-0.1, -0.05) is 0 Å². The van der Waals surface area contributed by atoms with Crippen LogP contribution in [0.3, 0.4) is 0 Å². The molecular weight excluding hydrogens is 316 g/mol. The van der Waals surface area contributed by atoms with Crippen molar-refractivity contribution in [2.45, 2.75) is 72.1 Å². The Morgan fingerprint density at radius 1 is 1.24 bits per heavy atom. The summed E-state index contributed by atoms with van der Waals surface area (Å²) in [6.45, 7) is 17.0. The zero-order valence-electron chi connectivity index (χ0n) is 17.0. The van der Waals surface area contributed by atoms with Crippen LogP contribution in [0.2, 0.25) is 0 Å². The fraction of sp³-hybridized carbons (Fsp3) is 0.947. The molecule has 0 spiro atoms. The zero-order valence-corrected chi connectivity index (χ0v) is 17.0.